The number of fused-ring (bicyclic) bond motifs is 1. The number of carbonyl (C=O) groups is 1. The maximum atomic E-state index is 11.5. The molecule has 2 nitrogen and oxygen atoms in total. The molecule has 1 aromatic carbocycles. The molecule has 1 aliphatic rings. The zero-order chi connectivity index (χ0) is 11.3. The van der Waals surface area contributed by atoms with Gasteiger partial charge < -0.3 is 4.74 Å². The van der Waals surface area contributed by atoms with Gasteiger partial charge in [-0.15, -0.1) is 0 Å². The van der Waals surface area contributed by atoms with Crippen LogP contribution in [0.1, 0.15) is 42.6 Å². The first-order chi connectivity index (χ1) is 7.33. The predicted molar refractivity (Wildman–Crippen MR) is 61.6 cm³/mol. The highest BCUT2D eigenvalue weighted by atomic mass is 16.5. The second-order valence-corrected chi connectivity index (χ2v) is 3.26. The minimum Gasteiger partial charge on any atom is -0.496 e. The van der Waals surface area contributed by atoms with E-state index in [1.165, 1.54) is 0 Å². The molecule has 0 atom stereocenters. The lowest BCUT2D eigenvalue weighted by Gasteiger charge is -2.16. The van der Waals surface area contributed by atoms with Gasteiger partial charge in [0.1, 0.15) is 5.75 Å². The van der Waals surface area contributed by atoms with Crippen LogP contribution >= 0.6 is 0 Å². The lowest BCUT2D eigenvalue weighted by molar-refractivity contribution is 0.0971. The van der Waals surface area contributed by atoms with Gasteiger partial charge in [-0.05, 0) is 18.9 Å². The van der Waals surface area contributed by atoms with Gasteiger partial charge in [0.15, 0.2) is 5.78 Å². The maximum absolute atomic E-state index is 11.5. The van der Waals surface area contributed by atoms with Gasteiger partial charge >= 0.3 is 0 Å². The molecule has 0 aliphatic heterocycles. The Kier molecular flexibility index (Phi) is 4.35. The van der Waals surface area contributed by atoms with Gasteiger partial charge in [0.05, 0.1) is 7.11 Å². The van der Waals surface area contributed by atoms with Crippen LogP contribution in [0.3, 0.4) is 0 Å². The number of ether oxygens (including phenoxy) is 1. The third kappa shape index (κ3) is 2.38. The summed E-state index contributed by atoms with van der Waals surface area (Å²) in [5.74, 6) is 1.10. The maximum Gasteiger partial charge on any atom is 0.163 e. The molecule has 0 heterocycles. The van der Waals surface area contributed by atoms with E-state index in [2.05, 4.69) is 0 Å². The van der Waals surface area contributed by atoms with E-state index in [4.69, 9.17) is 4.74 Å². The van der Waals surface area contributed by atoms with Crippen molar-refractivity contribution in [2.75, 3.05) is 7.11 Å². The molecular formula is C13H18O2. The third-order valence-corrected chi connectivity index (χ3v) is 2.48. The molecular weight excluding hydrogens is 188 g/mol. The molecule has 0 saturated carbocycles. The predicted octanol–water partition coefficient (Wildman–Crippen LogP) is 3.24. The minimum absolute atomic E-state index is 0.250. The van der Waals surface area contributed by atoms with Crippen LogP contribution in [0.15, 0.2) is 18.2 Å². The van der Waals surface area contributed by atoms with Crippen molar-refractivity contribution in [2.45, 2.75) is 33.1 Å². The van der Waals surface area contributed by atoms with Crippen molar-refractivity contribution in [3.63, 3.8) is 0 Å². The zero-order valence-corrected chi connectivity index (χ0v) is 9.67. The third-order valence-electron chi connectivity index (χ3n) is 2.48. The first-order valence-corrected chi connectivity index (χ1v) is 5.52. The second kappa shape index (κ2) is 5.54. The van der Waals surface area contributed by atoms with Crippen LogP contribution < -0.4 is 4.74 Å². The molecule has 1 aliphatic carbocycles. The van der Waals surface area contributed by atoms with Crippen molar-refractivity contribution in [1.29, 1.82) is 0 Å². The quantitative estimate of drug-likeness (QED) is 0.705. The summed E-state index contributed by atoms with van der Waals surface area (Å²) in [5.41, 5.74) is 1.94. The van der Waals surface area contributed by atoms with Gasteiger partial charge in [0.2, 0.25) is 0 Å². The first-order valence-electron chi connectivity index (χ1n) is 5.52. The largest absolute Gasteiger partial charge is 0.496 e. The van der Waals surface area contributed by atoms with Crippen LogP contribution in [0, 0.1) is 0 Å². The minimum atomic E-state index is 0.250. The molecule has 0 amide bonds. The molecule has 0 spiro atoms. The molecule has 2 heteroatoms. The van der Waals surface area contributed by atoms with E-state index in [-0.39, 0.29) is 5.78 Å². The molecule has 0 N–H and O–H groups in total. The highest BCUT2D eigenvalue weighted by Crippen LogP contribution is 2.28. The average Bonchev–Trinajstić information content (AvgIpc) is 2.32. The fourth-order valence-corrected chi connectivity index (χ4v) is 1.84. The van der Waals surface area contributed by atoms with E-state index in [9.17, 15) is 4.79 Å². The van der Waals surface area contributed by atoms with Gasteiger partial charge in [0.25, 0.3) is 0 Å². The van der Waals surface area contributed by atoms with Crippen molar-refractivity contribution >= 4 is 5.78 Å². The Morgan fingerprint density at radius 1 is 1.20 bits per heavy atom. The van der Waals surface area contributed by atoms with E-state index < -0.39 is 0 Å². The molecule has 0 radical (unpaired) electrons. The summed E-state index contributed by atoms with van der Waals surface area (Å²) in [4.78, 5) is 11.5. The molecule has 0 saturated heterocycles. The molecule has 1 aromatic rings. The van der Waals surface area contributed by atoms with Crippen LogP contribution in [-0.2, 0) is 6.42 Å². The number of carbonyl (C=O) groups excluding carboxylic acids is 1. The molecule has 82 valence electrons. The standard InChI is InChI=1S/C11H12O2.C2H6/c1-13-11-7-3-4-8-9(11)5-2-6-10(8)12;1-2/h3-4,7H,2,5-6H2,1H3;1-2H3. The molecule has 2 rings (SSSR count). The lowest BCUT2D eigenvalue weighted by atomic mass is 9.90. The van der Waals surface area contributed by atoms with E-state index in [1.807, 2.05) is 32.0 Å². The Morgan fingerprint density at radius 2 is 1.93 bits per heavy atom. The second-order valence-electron chi connectivity index (χ2n) is 3.26. The summed E-state index contributed by atoms with van der Waals surface area (Å²) < 4.78 is 5.21. The molecule has 0 fully saturated rings. The van der Waals surface area contributed by atoms with Crippen LogP contribution in [0.5, 0.6) is 5.75 Å². The normalized spacial score (nSPS) is 13.7. The van der Waals surface area contributed by atoms with Gasteiger partial charge in [-0.2, -0.15) is 0 Å². The SMILES string of the molecule is CC.COc1cccc2c1CCCC2=O. The van der Waals surface area contributed by atoms with Crippen molar-refractivity contribution in [3.05, 3.63) is 29.3 Å². The fraction of sp³-hybridized carbons (Fsp3) is 0.462. The molecule has 15 heavy (non-hydrogen) atoms. The highest BCUT2D eigenvalue weighted by Gasteiger charge is 2.19. The Bertz CT molecular complexity index is 342. The summed E-state index contributed by atoms with van der Waals surface area (Å²) in [5, 5.41) is 0. The van der Waals surface area contributed by atoms with Crippen molar-refractivity contribution in [2.24, 2.45) is 0 Å². The first kappa shape index (κ1) is 11.8. The Morgan fingerprint density at radius 3 is 2.60 bits per heavy atom. The van der Waals surface area contributed by atoms with E-state index in [0.29, 0.717) is 6.42 Å². The van der Waals surface area contributed by atoms with Gasteiger partial charge in [0, 0.05) is 17.5 Å². The highest BCUT2D eigenvalue weighted by molar-refractivity contribution is 5.99. The fourth-order valence-electron chi connectivity index (χ4n) is 1.84. The van der Waals surface area contributed by atoms with Crippen molar-refractivity contribution < 1.29 is 9.53 Å². The number of methoxy groups -OCH3 is 1. The summed E-state index contributed by atoms with van der Waals surface area (Å²) in [6, 6.07) is 5.68. The topological polar surface area (TPSA) is 26.3 Å². The lowest BCUT2D eigenvalue weighted by Crippen LogP contribution is -2.11. The number of hydrogen-bond acceptors (Lipinski definition) is 2. The number of hydrogen-bond donors (Lipinski definition) is 0. The summed E-state index contributed by atoms with van der Waals surface area (Å²) in [7, 11) is 1.65. The van der Waals surface area contributed by atoms with E-state index in [1.54, 1.807) is 7.11 Å². The summed E-state index contributed by atoms with van der Waals surface area (Å²) in [6.45, 7) is 4.00. The van der Waals surface area contributed by atoms with Crippen molar-refractivity contribution in [1.82, 2.24) is 0 Å². The molecule has 0 bridgehead atoms. The monoisotopic (exact) mass is 206 g/mol. The van der Waals surface area contributed by atoms with E-state index >= 15 is 0 Å². The van der Waals surface area contributed by atoms with Gasteiger partial charge in [-0.25, -0.2) is 0 Å². The number of benzene rings is 1. The number of Topliss-reactive ketones (excluding diaryl/α,β-unsaturated/α-hetero) is 1. The van der Waals surface area contributed by atoms with Gasteiger partial charge in [-0.1, -0.05) is 26.0 Å². The smallest absolute Gasteiger partial charge is 0.163 e. The van der Waals surface area contributed by atoms with E-state index in [0.717, 1.165) is 29.7 Å². The molecule has 0 aromatic heterocycles. The summed E-state index contributed by atoms with van der Waals surface area (Å²) >= 11 is 0. The number of ketones is 1. The molecule has 0 unspecified atom stereocenters. The van der Waals surface area contributed by atoms with Crippen LogP contribution in [0.25, 0.3) is 0 Å². The van der Waals surface area contributed by atoms with Crippen LogP contribution in [0.4, 0.5) is 0 Å². The van der Waals surface area contributed by atoms with Gasteiger partial charge in [-0.3, -0.25) is 4.79 Å². The Labute approximate surface area is 91.3 Å². The zero-order valence-electron chi connectivity index (χ0n) is 9.67. The summed E-state index contributed by atoms with van der Waals surface area (Å²) in [6.07, 6.45) is 2.59. The van der Waals surface area contributed by atoms with Crippen molar-refractivity contribution in [3.8, 4) is 5.75 Å². The Balaban J connectivity index is 0.000000531. The average molecular weight is 206 g/mol. The van der Waals surface area contributed by atoms with Crippen LogP contribution in [-0.4, -0.2) is 12.9 Å². The Hall–Kier alpha value is -1.31. The van der Waals surface area contributed by atoms with Crippen LogP contribution in [0.2, 0.25) is 0 Å². The number of rotatable bonds is 1.